The van der Waals surface area contributed by atoms with E-state index in [1.54, 1.807) is 17.0 Å². The van der Waals surface area contributed by atoms with Crippen LogP contribution in [0.4, 0.5) is 0 Å². The van der Waals surface area contributed by atoms with E-state index < -0.39 is 5.91 Å². The minimum atomic E-state index is -0.424. The van der Waals surface area contributed by atoms with Crippen molar-refractivity contribution < 1.29 is 9.59 Å². The molecule has 0 heterocycles. The molecule has 2 rings (SSSR count). The van der Waals surface area contributed by atoms with Crippen molar-refractivity contribution in [1.82, 2.24) is 4.90 Å². The van der Waals surface area contributed by atoms with Gasteiger partial charge in [-0.3, -0.25) is 9.59 Å². The van der Waals surface area contributed by atoms with Gasteiger partial charge < -0.3 is 10.6 Å². The molecule has 4 nitrogen and oxygen atoms in total. The summed E-state index contributed by atoms with van der Waals surface area (Å²) in [6, 6.07) is 17.2. The molecule has 0 aromatic heterocycles. The minimum absolute atomic E-state index is 0.139. The lowest BCUT2D eigenvalue weighted by Crippen LogP contribution is -2.34. The van der Waals surface area contributed by atoms with Crippen molar-refractivity contribution in [3.8, 4) is 0 Å². The molecule has 0 spiro atoms. The summed E-state index contributed by atoms with van der Waals surface area (Å²) in [5, 5.41) is 0.583. The van der Waals surface area contributed by atoms with Crippen LogP contribution in [0.15, 0.2) is 60.7 Å². The van der Waals surface area contributed by atoms with Gasteiger partial charge in [0.15, 0.2) is 0 Å². The van der Waals surface area contributed by atoms with Crippen molar-refractivity contribution >= 4 is 29.5 Å². The zero-order valence-electron chi connectivity index (χ0n) is 13.9. The molecule has 0 aliphatic rings. The Morgan fingerprint density at radius 2 is 1.68 bits per heavy atom. The quantitative estimate of drug-likeness (QED) is 0.737. The van der Waals surface area contributed by atoms with Crippen molar-refractivity contribution in [2.45, 2.75) is 12.8 Å². The number of carbonyl (C=O) groups is 2. The minimum Gasteiger partial charge on any atom is -0.370 e. The van der Waals surface area contributed by atoms with Crippen LogP contribution in [0.5, 0.6) is 0 Å². The molecule has 130 valence electrons. The molecule has 0 unspecified atom stereocenters. The number of hydrogen-bond donors (Lipinski definition) is 1. The van der Waals surface area contributed by atoms with Crippen molar-refractivity contribution in [2.24, 2.45) is 5.73 Å². The molecule has 0 bridgehead atoms. The van der Waals surface area contributed by atoms with Gasteiger partial charge in [0, 0.05) is 30.6 Å². The Labute approximate surface area is 152 Å². The summed E-state index contributed by atoms with van der Waals surface area (Å²) in [4.78, 5) is 25.2. The number of carbonyl (C=O) groups excluding carboxylic acids is 2. The predicted octanol–water partition coefficient (Wildman–Crippen LogP) is 3.30. The van der Waals surface area contributed by atoms with Gasteiger partial charge in [0.2, 0.25) is 11.8 Å². The fourth-order valence-electron chi connectivity index (χ4n) is 2.36. The summed E-state index contributed by atoms with van der Waals surface area (Å²) < 4.78 is 0. The molecule has 2 N–H and O–H groups in total. The second-order valence-electron chi connectivity index (χ2n) is 5.63. The Morgan fingerprint density at radius 1 is 1.00 bits per heavy atom. The first-order valence-electron chi connectivity index (χ1n) is 8.10. The van der Waals surface area contributed by atoms with Crippen molar-refractivity contribution in [2.75, 3.05) is 13.1 Å². The Kier molecular flexibility index (Phi) is 7.23. The number of halogens is 1. The summed E-state index contributed by atoms with van der Waals surface area (Å²) in [6.07, 6.45) is 4.02. The lowest BCUT2D eigenvalue weighted by molar-refractivity contribution is -0.126. The number of primary amides is 1. The molecular weight excluding hydrogens is 336 g/mol. The lowest BCUT2D eigenvalue weighted by Gasteiger charge is -2.20. The number of benzene rings is 2. The standard InChI is InChI=1S/C20H21ClN2O2/c21-18-9-5-4-8-17(18)10-11-20(25)23(15-13-19(22)24)14-12-16-6-2-1-3-7-16/h1-11H,12-15H2,(H2,22,24)/b11-10+. The van der Waals surface area contributed by atoms with Gasteiger partial charge in [-0.05, 0) is 29.7 Å². The topological polar surface area (TPSA) is 63.4 Å². The molecule has 0 fully saturated rings. The van der Waals surface area contributed by atoms with Gasteiger partial charge in [-0.25, -0.2) is 0 Å². The van der Waals surface area contributed by atoms with Gasteiger partial charge in [-0.2, -0.15) is 0 Å². The molecule has 0 atom stereocenters. The van der Waals surface area contributed by atoms with E-state index in [4.69, 9.17) is 17.3 Å². The summed E-state index contributed by atoms with van der Waals surface area (Å²) >= 11 is 6.09. The van der Waals surface area contributed by atoms with Gasteiger partial charge in [0.25, 0.3) is 0 Å². The van der Waals surface area contributed by atoms with E-state index in [0.29, 0.717) is 24.5 Å². The van der Waals surface area contributed by atoms with E-state index in [2.05, 4.69) is 0 Å². The Morgan fingerprint density at radius 3 is 2.36 bits per heavy atom. The third-order valence-electron chi connectivity index (χ3n) is 3.76. The number of hydrogen-bond acceptors (Lipinski definition) is 2. The van der Waals surface area contributed by atoms with Crippen LogP contribution in [0.2, 0.25) is 5.02 Å². The molecule has 0 radical (unpaired) electrons. The highest BCUT2D eigenvalue weighted by Gasteiger charge is 2.12. The van der Waals surface area contributed by atoms with Gasteiger partial charge >= 0.3 is 0 Å². The Hall–Kier alpha value is -2.59. The van der Waals surface area contributed by atoms with Gasteiger partial charge in [-0.1, -0.05) is 60.1 Å². The summed E-state index contributed by atoms with van der Waals surface area (Å²) in [5.74, 6) is -0.593. The third-order valence-corrected chi connectivity index (χ3v) is 4.11. The summed E-state index contributed by atoms with van der Waals surface area (Å²) in [7, 11) is 0. The van der Waals surface area contributed by atoms with Crippen molar-refractivity contribution in [3.63, 3.8) is 0 Å². The highest BCUT2D eigenvalue weighted by atomic mass is 35.5. The van der Waals surface area contributed by atoms with Crippen LogP contribution in [0, 0.1) is 0 Å². The van der Waals surface area contributed by atoms with Crippen LogP contribution in [-0.4, -0.2) is 29.8 Å². The van der Waals surface area contributed by atoms with E-state index in [1.807, 2.05) is 48.5 Å². The first-order valence-corrected chi connectivity index (χ1v) is 8.48. The molecule has 0 aliphatic carbocycles. The maximum Gasteiger partial charge on any atom is 0.246 e. The maximum absolute atomic E-state index is 12.5. The van der Waals surface area contributed by atoms with Crippen LogP contribution in [0.1, 0.15) is 17.5 Å². The molecule has 5 heteroatoms. The van der Waals surface area contributed by atoms with E-state index in [1.165, 1.54) is 6.08 Å². The van der Waals surface area contributed by atoms with E-state index in [0.717, 1.165) is 11.1 Å². The fourth-order valence-corrected chi connectivity index (χ4v) is 2.56. The summed E-state index contributed by atoms with van der Waals surface area (Å²) in [5.41, 5.74) is 7.13. The van der Waals surface area contributed by atoms with E-state index in [9.17, 15) is 9.59 Å². The number of rotatable bonds is 8. The normalized spacial score (nSPS) is 10.8. The van der Waals surface area contributed by atoms with Crippen molar-refractivity contribution in [1.29, 1.82) is 0 Å². The van der Waals surface area contributed by atoms with E-state index in [-0.39, 0.29) is 12.3 Å². The Balaban J connectivity index is 2.04. The highest BCUT2D eigenvalue weighted by Crippen LogP contribution is 2.16. The Bertz CT molecular complexity index is 744. The number of nitrogens with zero attached hydrogens (tertiary/aromatic N) is 1. The second kappa shape index (κ2) is 9.64. The molecule has 2 aromatic carbocycles. The van der Waals surface area contributed by atoms with Crippen molar-refractivity contribution in [3.05, 3.63) is 76.8 Å². The lowest BCUT2D eigenvalue weighted by atomic mass is 10.1. The number of nitrogens with two attached hydrogens (primary N) is 1. The van der Waals surface area contributed by atoms with Crippen LogP contribution >= 0.6 is 11.6 Å². The molecule has 0 aliphatic heterocycles. The molecule has 25 heavy (non-hydrogen) atoms. The monoisotopic (exact) mass is 356 g/mol. The third kappa shape index (κ3) is 6.43. The van der Waals surface area contributed by atoms with Crippen LogP contribution in [0.25, 0.3) is 6.08 Å². The van der Waals surface area contributed by atoms with Gasteiger partial charge in [-0.15, -0.1) is 0 Å². The molecule has 2 amide bonds. The molecule has 0 saturated heterocycles. The van der Waals surface area contributed by atoms with E-state index >= 15 is 0 Å². The second-order valence-corrected chi connectivity index (χ2v) is 6.04. The molecule has 2 aromatic rings. The number of amides is 2. The first kappa shape index (κ1) is 18.7. The fraction of sp³-hybridized carbons (Fsp3) is 0.200. The molecule has 0 saturated carbocycles. The largest absolute Gasteiger partial charge is 0.370 e. The van der Waals surface area contributed by atoms with Gasteiger partial charge in [0.1, 0.15) is 0 Å². The average molecular weight is 357 g/mol. The van der Waals surface area contributed by atoms with Gasteiger partial charge in [0.05, 0.1) is 0 Å². The smallest absolute Gasteiger partial charge is 0.246 e. The predicted molar refractivity (Wildman–Crippen MR) is 101 cm³/mol. The zero-order chi connectivity index (χ0) is 18.1. The zero-order valence-corrected chi connectivity index (χ0v) is 14.7. The van der Waals surface area contributed by atoms with Crippen LogP contribution in [0.3, 0.4) is 0 Å². The van der Waals surface area contributed by atoms with Crippen LogP contribution < -0.4 is 5.73 Å². The average Bonchev–Trinajstić information content (AvgIpc) is 2.61. The SMILES string of the molecule is NC(=O)CCN(CCc1ccccc1)C(=O)/C=C/c1ccccc1Cl. The first-order chi connectivity index (χ1) is 12.1. The maximum atomic E-state index is 12.5. The van der Waals surface area contributed by atoms with Crippen LogP contribution in [-0.2, 0) is 16.0 Å². The highest BCUT2D eigenvalue weighted by molar-refractivity contribution is 6.32. The molecular formula is C20H21ClN2O2. The summed E-state index contributed by atoms with van der Waals surface area (Å²) in [6.45, 7) is 0.816.